The zero-order valence-corrected chi connectivity index (χ0v) is 14.4. The molecular formula is C17H20N4O4. The molecule has 1 atom stereocenters. The van der Waals surface area contributed by atoms with Crippen LogP contribution in [0.15, 0.2) is 18.3 Å². The third-order valence-electron chi connectivity index (χ3n) is 4.62. The summed E-state index contributed by atoms with van der Waals surface area (Å²) in [5, 5.41) is 13.4. The number of hydrogen-bond acceptors (Lipinski definition) is 5. The van der Waals surface area contributed by atoms with Crippen molar-refractivity contribution >= 4 is 11.9 Å². The van der Waals surface area contributed by atoms with Crippen LogP contribution in [0.5, 0.6) is 5.75 Å². The molecule has 2 aromatic rings. The van der Waals surface area contributed by atoms with Gasteiger partial charge in [0.25, 0.3) is 5.91 Å². The Kier molecular flexibility index (Phi) is 4.43. The van der Waals surface area contributed by atoms with Crippen LogP contribution in [-0.4, -0.2) is 50.3 Å². The van der Waals surface area contributed by atoms with Gasteiger partial charge in [0.2, 0.25) is 0 Å². The van der Waals surface area contributed by atoms with Crippen molar-refractivity contribution < 1.29 is 19.4 Å². The van der Waals surface area contributed by atoms with E-state index in [-0.39, 0.29) is 23.3 Å². The third-order valence-corrected chi connectivity index (χ3v) is 4.62. The van der Waals surface area contributed by atoms with E-state index < -0.39 is 5.97 Å². The van der Waals surface area contributed by atoms with Crippen LogP contribution < -0.4 is 4.74 Å². The summed E-state index contributed by atoms with van der Waals surface area (Å²) in [4.78, 5) is 29.9. The maximum Gasteiger partial charge on any atom is 0.354 e. The predicted molar refractivity (Wildman–Crippen MR) is 88.7 cm³/mol. The van der Waals surface area contributed by atoms with Crippen molar-refractivity contribution in [2.75, 3.05) is 13.7 Å². The first-order valence-corrected chi connectivity index (χ1v) is 8.01. The van der Waals surface area contributed by atoms with Gasteiger partial charge in [0, 0.05) is 37.0 Å². The molecule has 0 aromatic carbocycles. The second-order valence-corrected chi connectivity index (χ2v) is 6.05. The number of rotatable bonds is 4. The Balaban J connectivity index is 1.95. The Morgan fingerprint density at radius 3 is 2.64 bits per heavy atom. The van der Waals surface area contributed by atoms with Gasteiger partial charge in [0.05, 0.1) is 19.3 Å². The first-order chi connectivity index (χ1) is 11.9. The fourth-order valence-corrected chi connectivity index (χ4v) is 3.17. The van der Waals surface area contributed by atoms with Crippen LogP contribution >= 0.6 is 0 Å². The molecule has 0 spiro atoms. The fraction of sp³-hybridized carbons (Fsp3) is 0.412. The minimum Gasteiger partial charge on any atom is -0.497 e. The quantitative estimate of drug-likeness (QED) is 0.908. The summed E-state index contributed by atoms with van der Waals surface area (Å²) in [7, 11) is 3.29. The van der Waals surface area contributed by atoms with Crippen LogP contribution in [0.25, 0.3) is 0 Å². The number of aromatic nitrogens is 3. The van der Waals surface area contributed by atoms with Crippen molar-refractivity contribution in [3.63, 3.8) is 0 Å². The molecular weight excluding hydrogens is 324 g/mol. The van der Waals surface area contributed by atoms with Gasteiger partial charge in [-0.15, -0.1) is 0 Å². The average Bonchev–Trinajstić information content (AvgIpc) is 3.21. The molecule has 1 amide bonds. The van der Waals surface area contributed by atoms with E-state index in [2.05, 4.69) is 10.1 Å². The molecule has 1 aliphatic rings. The van der Waals surface area contributed by atoms with Crippen LogP contribution in [-0.2, 0) is 7.05 Å². The highest BCUT2D eigenvalue weighted by Crippen LogP contribution is 2.34. The first kappa shape index (κ1) is 16.9. The minimum absolute atomic E-state index is 0.0743. The topological polar surface area (TPSA) is 97.6 Å². The summed E-state index contributed by atoms with van der Waals surface area (Å²) >= 11 is 0. The molecule has 0 bridgehead atoms. The molecule has 2 aromatic heterocycles. The molecule has 1 aliphatic heterocycles. The lowest BCUT2D eigenvalue weighted by molar-refractivity contribution is 0.0688. The van der Waals surface area contributed by atoms with Crippen LogP contribution in [0.4, 0.5) is 0 Å². The maximum absolute atomic E-state index is 13.0. The first-order valence-electron chi connectivity index (χ1n) is 8.01. The Morgan fingerprint density at radius 2 is 2.04 bits per heavy atom. The summed E-state index contributed by atoms with van der Waals surface area (Å²) in [6.45, 7) is 2.56. The van der Waals surface area contributed by atoms with E-state index in [0.717, 1.165) is 24.1 Å². The molecule has 8 heteroatoms. The highest BCUT2D eigenvalue weighted by Gasteiger charge is 2.33. The lowest BCUT2D eigenvalue weighted by Gasteiger charge is -2.24. The second-order valence-electron chi connectivity index (χ2n) is 6.05. The Morgan fingerprint density at radius 1 is 1.32 bits per heavy atom. The van der Waals surface area contributed by atoms with Gasteiger partial charge in [-0.25, -0.2) is 9.78 Å². The number of ether oxygens (including phenoxy) is 1. The van der Waals surface area contributed by atoms with Gasteiger partial charge in [-0.1, -0.05) is 0 Å². The van der Waals surface area contributed by atoms with Crippen molar-refractivity contribution in [3.8, 4) is 5.75 Å². The zero-order chi connectivity index (χ0) is 18.1. The van der Waals surface area contributed by atoms with E-state index in [9.17, 15) is 14.7 Å². The number of aromatic carboxylic acids is 1. The number of methoxy groups -OCH3 is 1. The van der Waals surface area contributed by atoms with Gasteiger partial charge in [0.15, 0.2) is 5.69 Å². The van der Waals surface area contributed by atoms with E-state index in [1.165, 1.54) is 19.2 Å². The van der Waals surface area contributed by atoms with E-state index in [0.29, 0.717) is 12.3 Å². The number of amides is 1. The maximum atomic E-state index is 13.0. The lowest BCUT2D eigenvalue weighted by Crippen LogP contribution is -2.31. The van der Waals surface area contributed by atoms with Crippen LogP contribution in [0.3, 0.4) is 0 Å². The van der Waals surface area contributed by atoms with E-state index in [4.69, 9.17) is 4.74 Å². The zero-order valence-electron chi connectivity index (χ0n) is 14.4. The van der Waals surface area contributed by atoms with Gasteiger partial charge in [0.1, 0.15) is 11.4 Å². The monoisotopic (exact) mass is 344 g/mol. The number of carboxylic acids is 1. The number of carboxylic acid groups (broad SMARTS) is 1. The minimum atomic E-state index is -1.20. The molecule has 25 heavy (non-hydrogen) atoms. The molecule has 0 saturated carbocycles. The third kappa shape index (κ3) is 3.07. The summed E-state index contributed by atoms with van der Waals surface area (Å²) in [6.07, 6.45) is 3.50. The van der Waals surface area contributed by atoms with Gasteiger partial charge in [-0.05, 0) is 19.8 Å². The van der Waals surface area contributed by atoms with Gasteiger partial charge in [-0.3, -0.25) is 9.48 Å². The second kappa shape index (κ2) is 6.54. The molecule has 8 nitrogen and oxygen atoms in total. The summed E-state index contributed by atoms with van der Waals surface area (Å²) < 4.78 is 6.89. The normalized spacial score (nSPS) is 16.9. The summed E-state index contributed by atoms with van der Waals surface area (Å²) in [5.74, 6) is -1.20. The van der Waals surface area contributed by atoms with Crippen molar-refractivity contribution in [1.82, 2.24) is 19.7 Å². The number of aryl methyl sites for hydroxylation is 1. The summed E-state index contributed by atoms with van der Waals surface area (Å²) in [5.41, 5.74) is 1.88. The highest BCUT2D eigenvalue weighted by molar-refractivity contribution is 5.95. The Hall–Kier alpha value is -2.90. The molecule has 1 fully saturated rings. The average molecular weight is 344 g/mol. The lowest BCUT2D eigenvalue weighted by atomic mass is 10.1. The van der Waals surface area contributed by atoms with Crippen LogP contribution in [0, 0.1) is 6.92 Å². The molecule has 1 saturated heterocycles. The molecule has 0 radical (unpaired) electrons. The van der Waals surface area contributed by atoms with Crippen LogP contribution in [0.2, 0.25) is 0 Å². The number of likely N-dealkylation sites (tertiary alicyclic amines) is 1. The van der Waals surface area contributed by atoms with Gasteiger partial charge in [-0.2, -0.15) is 5.10 Å². The smallest absolute Gasteiger partial charge is 0.354 e. The molecule has 3 heterocycles. The SMILES string of the molecule is COc1cc(C(=O)O)nc(C(=O)N2CCCC2c2cnn(C)c2C)c1. The van der Waals surface area contributed by atoms with Crippen molar-refractivity contribution in [3.05, 3.63) is 41.0 Å². The number of hydrogen-bond donors (Lipinski definition) is 1. The van der Waals surface area contributed by atoms with Crippen LogP contribution in [0.1, 0.15) is 51.1 Å². The number of nitrogens with zero attached hydrogens (tertiary/aromatic N) is 4. The van der Waals surface area contributed by atoms with Gasteiger partial charge < -0.3 is 14.7 Å². The summed E-state index contributed by atoms with van der Waals surface area (Å²) in [6, 6.07) is 2.69. The van der Waals surface area contributed by atoms with Crippen molar-refractivity contribution in [1.29, 1.82) is 0 Å². The predicted octanol–water partition coefficient (Wildman–Crippen LogP) is 1.81. The number of carbonyl (C=O) groups excluding carboxylic acids is 1. The largest absolute Gasteiger partial charge is 0.497 e. The Labute approximate surface area is 145 Å². The number of carbonyl (C=O) groups is 2. The van der Waals surface area contributed by atoms with Crippen molar-refractivity contribution in [2.45, 2.75) is 25.8 Å². The fourth-order valence-electron chi connectivity index (χ4n) is 3.17. The van der Waals surface area contributed by atoms with E-state index in [1.807, 2.05) is 14.0 Å². The molecule has 132 valence electrons. The van der Waals surface area contributed by atoms with E-state index in [1.54, 1.807) is 15.8 Å². The van der Waals surface area contributed by atoms with Crippen molar-refractivity contribution in [2.24, 2.45) is 7.05 Å². The molecule has 0 aliphatic carbocycles. The highest BCUT2D eigenvalue weighted by atomic mass is 16.5. The molecule has 3 rings (SSSR count). The van der Waals surface area contributed by atoms with Gasteiger partial charge >= 0.3 is 5.97 Å². The standard InChI is InChI=1S/C17H20N4O4/c1-10-12(9-18-20(10)2)15-5-4-6-21(15)16(22)13-7-11(25-3)8-14(19-13)17(23)24/h7-9,15H,4-6H2,1-3H3,(H,23,24). The Bertz CT molecular complexity index is 830. The van der Waals surface area contributed by atoms with E-state index >= 15 is 0 Å². The molecule has 1 N–H and O–H groups in total. The number of pyridine rings is 1. The molecule has 1 unspecified atom stereocenters.